The van der Waals surface area contributed by atoms with Gasteiger partial charge in [0.05, 0.1) is 11.4 Å². The zero-order valence-corrected chi connectivity index (χ0v) is 12.5. The number of benzene rings is 1. The second-order valence-electron chi connectivity index (χ2n) is 5.24. The number of carboxylic acids is 1. The predicted octanol–water partition coefficient (Wildman–Crippen LogP) is 2.48. The zero-order valence-electron chi connectivity index (χ0n) is 11.7. The second-order valence-corrected chi connectivity index (χ2v) is 5.65. The van der Waals surface area contributed by atoms with E-state index in [2.05, 4.69) is 5.32 Å². The SMILES string of the molecule is CC(Oc1ccccc1Cl)C(=O)NC(CC(=O)O)C1CC1. The van der Waals surface area contributed by atoms with Crippen molar-refractivity contribution in [1.29, 1.82) is 0 Å². The summed E-state index contributed by atoms with van der Waals surface area (Å²) in [5.74, 6) is -0.541. The molecule has 114 valence electrons. The minimum absolute atomic E-state index is 0.0603. The number of halogens is 1. The smallest absolute Gasteiger partial charge is 0.305 e. The highest BCUT2D eigenvalue weighted by atomic mass is 35.5. The fraction of sp³-hybridized carbons (Fsp3) is 0.467. The average Bonchev–Trinajstić information content (AvgIpc) is 3.24. The van der Waals surface area contributed by atoms with Gasteiger partial charge in [0.2, 0.25) is 0 Å². The minimum atomic E-state index is -0.910. The molecule has 1 aliphatic carbocycles. The molecule has 1 fully saturated rings. The van der Waals surface area contributed by atoms with Gasteiger partial charge in [-0.05, 0) is 37.8 Å². The van der Waals surface area contributed by atoms with Gasteiger partial charge in [0.15, 0.2) is 6.10 Å². The van der Waals surface area contributed by atoms with Gasteiger partial charge >= 0.3 is 5.97 Å². The highest BCUT2D eigenvalue weighted by Gasteiger charge is 2.34. The summed E-state index contributed by atoms with van der Waals surface area (Å²) >= 11 is 5.97. The Balaban J connectivity index is 1.92. The highest BCUT2D eigenvalue weighted by Crippen LogP contribution is 2.34. The fourth-order valence-electron chi connectivity index (χ4n) is 2.11. The lowest BCUT2D eigenvalue weighted by atomic mass is 10.1. The molecule has 21 heavy (non-hydrogen) atoms. The molecule has 6 heteroatoms. The van der Waals surface area contributed by atoms with Crippen LogP contribution < -0.4 is 10.1 Å². The number of nitrogens with one attached hydrogen (secondary N) is 1. The summed E-state index contributed by atoms with van der Waals surface area (Å²) in [6, 6.07) is 6.58. The van der Waals surface area contributed by atoms with E-state index in [-0.39, 0.29) is 24.3 Å². The molecule has 2 unspecified atom stereocenters. The van der Waals surface area contributed by atoms with Crippen molar-refractivity contribution < 1.29 is 19.4 Å². The number of carboxylic acid groups (broad SMARTS) is 1. The molecule has 5 nitrogen and oxygen atoms in total. The van der Waals surface area contributed by atoms with Crippen LogP contribution >= 0.6 is 11.6 Å². The Kier molecular flexibility index (Phi) is 5.07. The zero-order chi connectivity index (χ0) is 15.4. The number of carbonyl (C=O) groups is 2. The molecule has 2 N–H and O–H groups in total. The summed E-state index contributed by atoms with van der Waals surface area (Å²) in [7, 11) is 0. The molecule has 0 radical (unpaired) electrons. The van der Waals surface area contributed by atoms with Crippen LogP contribution in [0.15, 0.2) is 24.3 Å². The third-order valence-corrected chi connectivity index (χ3v) is 3.74. The van der Waals surface area contributed by atoms with Gasteiger partial charge < -0.3 is 15.2 Å². The molecule has 2 atom stereocenters. The van der Waals surface area contributed by atoms with Crippen LogP contribution in [-0.4, -0.2) is 29.1 Å². The lowest BCUT2D eigenvalue weighted by Crippen LogP contribution is -2.44. The molecule has 1 amide bonds. The van der Waals surface area contributed by atoms with Crippen molar-refractivity contribution in [3.8, 4) is 5.75 Å². The molecule has 1 saturated carbocycles. The number of carbonyl (C=O) groups excluding carboxylic acids is 1. The molecule has 0 aliphatic heterocycles. The van der Waals surface area contributed by atoms with Crippen molar-refractivity contribution in [1.82, 2.24) is 5.32 Å². The molecule has 1 aromatic carbocycles. The predicted molar refractivity (Wildman–Crippen MR) is 78.4 cm³/mol. The lowest BCUT2D eigenvalue weighted by Gasteiger charge is -2.20. The summed E-state index contributed by atoms with van der Waals surface area (Å²) in [5, 5.41) is 12.1. The van der Waals surface area contributed by atoms with Crippen LogP contribution in [0.1, 0.15) is 26.2 Å². The Bertz CT molecular complexity index is 530. The van der Waals surface area contributed by atoms with Gasteiger partial charge in [-0.25, -0.2) is 0 Å². The third-order valence-electron chi connectivity index (χ3n) is 3.42. The Morgan fingerprint density at radius 2 is 2.10 bits per heavy atom. The first kappa shape index (κ1) is 15.6. The molecule has 0 bridgehead atoms. The first-order chi connectivity index (χ1) is 9.97. The van der Waals surface area contributed by atoms with Crippen LogP contribution in [0.3, 0.4) is 0 Å². The van der Waals surface area contributed by atoms with Crippen LogP contribution in [0.5, 0.6) is 5.75 Å². The van der Waals surface area contributed by atoms with Crippen LogP contribution in [0.2, 0.25) is 5.02 Å². The maximum absolute atomic E-state index is 12.1. The first-order valence-electron chi connectivity index (χ1n) is 6.90. The van der Waals surface area contributed by atoms with E-state index in [4.69, 9.17) is 21.4 Å². The summed E-state index contributed by atoms with van der Waals surface area (Å²) < 4.78 is 5.52. The van der Waals surface area contributed by atoms with Crippen molar-refractivity contribution >= 4 is 23.5 Å². The van der Waals surface area contributed by atoms with Crippen molar-refractivity contribution in [2.24, 2.45) is 5.92 Å². The number of hydrogen-bond donors (Lipinski definition) is 2. The molecular formula is C15H18ClNO4. The topological polar surface area (TPSA) is 75.6 Å². The third kappa shape index (κ3) is 4.63. The van der Waals surface area contributed by atoms with Gasteiger partial charge in [-0.2, -0.15) is 0 Å². The van der Waals surface area contributed by atoms with Gasteiger partial charge in [-0.1, -0.05) is 23.7 Å². The van der Waals surface area contributed by atoms with E-state index in [0.717, 1.165) is 12.8 Å². The summed E-state index contributed by atoms with van der Waals surface area (Å²) in [4.78, 5) is 22.9. The van der Waals surface area contributed by atoms with Crippen LogP contribution in [0.25, 0.3) is 0 Å². The quantitative estimate of drug-likeness (QED) is 0.811. The summed E-state index contributed by atoms with van der Waals surface area (Å²) in [6.45, 7) is 1.61. The van der Waals surface area contributed by atoms with E-state index in [1.165, 1.54) is 0 Å². The molecule has 1 aliphatic rings. The van der Waals surface area contributed by atoms with Crippen molar-refractivity contribution in [2.75, 3.05) is 0 Å². The van der Waals surface area contributed by atoms with Crippen LogP contribution in [-0.2, 0) is 9.59 Å². The number of amides is 1. The number of hydrogen-bond acceptors (Lipinski definition) is 3. The Morgan fingerprint density at radius 1 is 1.43 bits per heavy atom. The van der Waals surface area contributed by atoms with E-state index in [1.807, 2.05) is 0 Å². The lowest BCUT2D eigenvalue weighted by molar-refractivity contribution is -0.138. The Hall–Kier alpha value is -1.75. The van der Waals surface area contributed by atoms with E-state index < -0.39 is 12.1 Å². The fourth-order valence-corrected chi connectivity index (χ4v) is 2.29. The number of ether oxygens (including phenoxy) is 1. The molecule has 1 aromatic rings. The Morgan fingerprint density at radius 3 is 2.67 bits per heavy atom. The molecule has 0 spiro atoms. The Labute approximate surface area is 128 Å². The van der Waals surface area contributed by atoms with Gasteiger partial charge in [0.25, 0.3) is 5.91 Å². The first-order valence-corrected chi connectivity index (χ1v) is 7.28. The average molecular weight is 312 g/mol. The summed E-state index contributed by atoms with van der Waals surface area (Å²) in [6.07, 6.45) is 1.12. The number of para-hydroxylation sites is 1. The maximum Gasteiger partial charge on any atom is 0.305 e. The van der Waals surface area contributed by atoms with Crippen molar-refractivity contribution in [3.05, 3.63) is 29.3 Å². The standard InChI is InChI=1S/C15H18ClNO4/c1-9(21-13-5-3-2-4-11(13)16)15(20)17-12(8-14(18)19)10-6-7-10/h2-5,9-10,12H,6-8H2,1H3,(H,17,20)(H,18,19). The monoisotopic (exact) mass is 311 g/mol. The van der Waals surface area contributed by atoms with E-state index in [9.17, 15) is 9.59 Å². The van der Waals surface area contributed by atoms with Crippen LogP contribution in [0, 0.1) is 5.92 Å². The summed E-state index contributed by atoms with van der Waals surface area (Å²) in [5.41, 5.74) is 0. The van der Waals surface area contributed by atoms with Gasteiger partial charge in [0, 0.05) is 6.04 Å². The van der Waals surface area contributed by atoms with E-state index in [1.54, 1.807) is 31.2 Å². The minimum Gasteiger partial charge on any atom is -0.481 e. The molecule has 0 heterocycles. The van der Waals surface area contributed by atoms with Crippen LogP contribution in [0.4, 0.5) is 0 Å². The van der Waals surface area contributed by atoms with E-state index >= 15 is 0 Å². The highest BCUT2D eigenvalue weighted by molar-refractivity contribution is 6.32. The second kappa shape index (κ2) is 6.80. The molecule has 2 rings (SSSR count). The molecular weight excluding hydrogens is 294 g/mol. The maximum atomic E-state index is 12.1. The van der Waals surface area contributed by atoms with Crippen molar-refractivity contribution in [2.45, 2.75) is 38.3 Å². The van der Waals surface area contributed by atoms with Gasteiger partial charge in [-0.3, -0.25) is 9.59 Å². The normalized spacial score (nSPS) is 16.9. The number of rotatable bonds is 7. The van der Waals surface area contributed by atoms with Gasteiger partial charge in [-0.15, -0.1) is 0 Å². The molecule has 0 saturated heterocycles. The van der Waals surface area contributed by atoms with Crippen molar-refractivity contribution in [3.63, 3.8) is 0 Å². The van der Waals surface area contributed by atoms with Gasteiger partial charge in [0.1, 0.15) is 5.75 Å². The molecule has 0 aromatic heterocycles. The number of aliphatic carboxylic acids is 1. The van der Waals surface area contributed by atoms with E-state index in [0.29, 0.717) is 10.8 Å². The largest absolute Gasteiger partial charge is 0.481 e.